The second kappa shape index (κ2) is 4.54. The van der Waals surface area contributed by atoms with Crippen molar-refractivity contribution in [2.45, 2.75) is 58.4 Å². The third-order valence-electron chi connectivity index (χ3n) is 4.35. The van der Waals surface area contributed by atoms with E-state index >= 15 is 0 Å². The van der Waals surface area contributed by atoms with Crippen LogP contribution in [0.1, 0.15) is 52.4 Å². The third kappa shape index (κ3) is 2.53. The minimum atomic E-state index is 0.280. The average molecular weight is 209 g/mol. The standard InChI is InChI=1S/C13H23NO/c1-3-9(2)14-13(15)8-12-7-10-4-5-11(12)6-10/h9-12H,3-8H2,1-2H3,(H,14,15)/t9-,10+,11+,12+/m1/s1. The van der Waals surface area contributed by atoms with Crippen LogP contribution in [0.5, 0.6) is 0 Å². The van der Waals surface area contributed by atoms with Gasteiger partial charge >= 0.3 is 0 Å². The Bertz CT molecular complexity index is 239. The van der Waals surface area contributed by atoms with E-state index in [0.717, 1.165) is 24.7 Å². The van der Waals surface area contributed by atoms with Crippen molar-refractivity contribution in [3.05, 3.63) is 0 Å². The summed E-state index contributed by atoms with van der Waals surface area (Å²) in [6, 6.07) is 0.344. The molecule has 0 aromatic rings. The molecule has 4 atom stereocenters. The summed E-state index contributed by atoms with van der Waals surface area (Å²) in [5.41, 5.74) is 0. The predicted octanol–water partition coefficient (Wildman–Crippen LogP) is 2.73. The zero-order valence-corrected chi connectivity index (χ0v) is 9.96. The van der Waals surface area contributed by atoms with Gasteiger partial charge in [-0.05, 0) is 50.4 Å². The van der Waals surface area contributed by atoms with Crippen molar-refractivity contribution in [3.63, 3.8) is 0 Å². The van der Waals surface area contributed by atoms with Crippen LogP contribution >= 0.6 is 0 Å². The Morgan fingerprint density at radius 1 is 1.40 bits per heavy atom. The van der Waals surface area contributed by atoms with Crippen LogP contribution in [-0.2, 0) is 4.79 Å². The zero-order chi connectivity index (χ0) is 10.8. The van der Waals surface area contributed by atoms with E-state index in [9.17, 15) is 4.79 Å². The van der Waals surface area contributed by atoms with Crippen LogP contribution in [0.25, 0.3) is 0 Å². The first-order valence-corrected chi connectivity index (χ1v) is 6.48. The number of carbonyl (C=O) groups excluding carboxylic acids is 1. The lowest BCUT2D eigenvalue weighted by Gasteiger charge is -2.21. The van der Waals surface area contributed by atoms with E-state index in [2.05, 4.69) is 19.2 Å². The number of hydrogen-bond acceptors (Lipinski definition) is 1. The fourth-order valence-corrected chi connectivity index (χ4v) is 3.30. The molecule has 1 amide bonds. The van der Waals surface area contributed by atoms with Gasteiger partial charge in [0, 0.05) is 12.5 Å². The van der Waals surface area contributed by atoms with Gasteiger partial charge in [-0.15, -0.1) is 0 Å². The minimum Gasteiger partial charge on any atom is -0.354 e. The third-order valence-corrected chi connectivity index (χ3v) is 4.35. The molecule has 0 aromatic carbocycles. The Kier molecular flexibility index (Phi) is 3.32. The van der Waals surface area contributed by atoms with Gasteiger partial charge < -0.3 is 5.32 Å². The van der Waals surface area contributed by atoms with Crippen LogP contribution in [0.3, 0.4) is 0 Å². The van der Waals surface area contributed by atoms with Crippen molar-refractivity contribution >= 4 is 5.91 Å². The SMILES string of the molecule is CC[C@@H](C)NC(=O)C[C@@H]1C[C@H]2CC[C@H]1C2. The highest BCUT2D eigenvalue weighted by Crippen LogP contribution is 2.49. The lowest BCUT2D eigenvalue weighted by atomic mass is 9.86. The molecule has 86 valence electrons. The summed E-state index contributed by atoms with van der Waals surface area (Å²) in [6.45, 7) is 4.20. The molecular formula is C13H23NO. The molecule has 0 heterocycles. The largest absolute Gasteiger partial charge is 0.354 e. The second-order valence-corrected chi connectivity index (χ2v) is 5.52. The summed E-state index contributed by atoms with van der Waals surface area (Å²) in [4.78, 5) is 11.7. The number of rotatable bonds is 4. The second-order valence-electron chi connectivity index (χ2n) is 5.52. The maximum atomic E-state index is 11.7. The molecule has 0 aromatic heterocycles. The van der Waals surface area contributed by atoms with Crippen LogP contribution in [0, 0.1) is 17.8 Å². The van der Waals surface area contributed by atoms with Gasteiger partial charge in [-0.2, -0.15) is 0 Å². The summed E-state index contributed by atoms with van der Waals surface area (Å²) < 4.78 is 0. The van der Waals surface area contributed by atoms with E-state index in [1.165, 1.54) is 25.7 Å². The Hall–Kier alpha value is -0.530. The van der Waals surface area contributed by atoms with Crippen LogP contribution in [0.4, 0.5) is 0 Å². The zero-order valence-electron chi connectivity index (χ0n) is 9.96. The minimum absolute atomic E-state index is 0.280. The van der Waals surface area contributed by atoms with Crippen molar-refractivity contribution in [2.24, 2.45) is 17.8 Å². The number of fused-ring (bicyclic) bond motifs is 2. The molecule has 0 unspecified atom stereocenters. The molecule has 0 aliphatic heterocycles. The van der Waals surface area contributed by atoms with Crippen LogP contribution in [0.15, 0.2) is 0 Å². The van der Waals surface area contributed by atoms with Gasteiger partial charge in [-0.3, -0.25) is 4.79 Å². The Morgan fingerprint density at radius 2 is 2.20 bits per heavy atom. The summed E-state index contributed by atoms with van der Waals surface area (Å²) in [5, 5.41) is 3.08. The number of hydrogen-bond donors (Lipinski definition) is 1. The summed E-state index contributed by atoms with van der Waals surface area (Å²) >= 11 is 0. The van der Waals surface area contributed by atoms with E-state index in [-0.39, 0.29) is 5.91 Å². The first kappa shape index (κ1) is 11.0. The number of nitrogens with one attached hydrogen (secondary N) is 1. The van der Waals surface area contributed by atoms with Gasteiger partial charge in [0.15, 0.2) is 0 Å². The Balaban J connectivity index is 1.75. The quantitative estimate of drug-likeness (QED) is 0.758. The molecule has 2 rings (SSSR count). The van der Waals surface area contributed by atoms with Gasteiger partial charge in [-0.25, -0.2) is 0 Å². The maximum Gasteiger partial charge on any atom is 0.220 e. The van der Waals surface area contributed by atoms with Crippen LogP contribution in [0.2, 0.25) is 0 Å². The van der Waals surface area contributed by atoms with Crippen molar-refractivity contribution in [1.82, 2.24) is 5.32 Å². The Labute approximate surface area is 92.8 Å². The first-order valence-electron chi connectivity index (χ1n) is 6.48. The highest BCUT2D eigenvalue weighted by Gasteiger charge is 2.40. The van der Waals surface area contributed by atoms with Crippen molar-refractivity contribution < 1.29 is 4.79 Å². The van der Waals surface area contributed by atoms with Crippen LogP contribution in [-0.4, -0.2) is 11.9 Å². The molecule has 2 fully saturated rings. The smallest absolute Gasteiger partial charge is 0.220 e. The average Bonchev–Trinajstić information content (AvgIpc) is 2.78. The van der Waals surface area contributed by atoms with E-state index in [0.29, 0.717) is 12.0 Å². The van der Waals surface area contributed by atoms with Gasteiger partial charge in [-0.1, -0.05) is 13.3 Å². The monoisotopic (exact) mass is 209 g/mol. The first-order chi connectivity index (χ1) is 7.19. The molecule has 15 heavy (non-hydrogen) atoms. The fourth-order valence-electron chi connectivity index (χ4n) is 3.30. The van der Waals surface area contributed by atoms with Gasteiger partial charge in [0.2, 0.25) is 5.91 Å². The highest BCUT2D eigenvalue weighted by atomic mass is 16.1. The van der Waals surface area contributed by atoms with Gasteiger partial charge in [0.1, 0.15) is 0 Å². The number of amides is 1. The van der Waals surface area contributed by atoms with Crippen molar-refractivity contribution in [3.8, 4) is 0 Å². The molecule has 2 saturated carbocycles. The summed E-state index contributed by atoms with van der Waals surface area (Å²) in [6.07, 6.45) is 7.34. The van der Waals surface area contributed by atoms with Crippen molar-refractivity contribution in [1.29, 1.82) is 0 Å². The summed E-state index contributed by atoms with van der Waals surface area (Å²) in [5.74, 6) is 2.81. The highest BCUT2D eigenvalue weighted by molar-refractivity contribution is 5.76. The Morgan fingerprint density at radius 3 is 2.73 bits per heavy atom. The van der Waals surface area contributed by atoms with E-state index in [1.807, 2.05) is 0 Å². The molecule has 0 saturated heterocycles. The number of carbonyl (C=O) groups is 1. The maximum absolute atomic E-state index is 11.7. The summed E-state index contributed by atoms with van der Waals surface area (Å²) in [7, 11) is 0. The van der Waals surface area contributed by atoms with E-state index in [4.69, 9.17) is 0 Å². The van der Waals surface area contributed by atoms with Gasteiger partial charge in [0.05, 0.1) is 0 Å². The molecular weight excluding hydrogens is 186 g/mol. The lowest BCUT2D eigenvalue weighted by Crippen LogP contribution is -2.33. The molecule has 2 aliphatic rings. The lowest BCUT2D eigenvalue weighted by molar-refractivity contribution is -0.123. The van der Waals surface area contributed by atoms with E-state index in [1.54, 1.807) is 0 Å². The molecule has 2 heteroatoms. The fraction of sp³-hybridized carbons (Fsp3) is 0.923. The van der Waals surface area contributed by atoms with Gasteiger partial charge in [0.25, 0.3) is 0 Å². The topological polar surface area (TPSA) is 29.1 Å². The molecule has 0 spiro atoms. The van der Waals surface area contributed by atoms with E-state index < -0.39 is 0 Å². The van der Waals surface area contributed by atoms with Crippen molar-refractivity contribution in [2.75, 3.05) is 0 Å². The molecule has 1 N–H and O–H groups in total. The predicted molar refractivity (Wildman–Crippen MR) is 61.5 cm³/mol. The molecule has 2 bridgehead atoms. The molecule has 0 radical (unpaired) electrons. The normalized spacial score (nSPS) is 35.5. The van der Waals surface area contributed by atoms with Crippen LogP contribution < -0.4 is 5.32 Å². The molecule has 2 nitrogen and oxygen atoms in total. The molecule has 2 aliphatic carbocycles.